The van der Waals surface area contributed by atoms with Gasteiger partial charge >= 0.3 is 11.9 Å². The van der Waals surface area contributed by atoms with E-state index in [-0.39, 0.29) is 11.4 Å². The SMILES string of the molecule is CCOC(=O)C(F)(F)CSC(C)(C)C. The van der Waals surface area contributed by atoms with Crippen LogP contribution in [0, 0.1) is 0 Å². The largest absolute Gasteiger partial charge is 0.462 e. The quantitative estimate of drug-likeness (QED) is 0.689. The van der Waals surface area contributed by atoms with Crippen LogP contribution in [-0.4, -0.2) is 29.0 Å². The number of alkyl halides is 2. The van der Waals surface area contributed by atoms with Gasteiger partial charge in [0.15, 0.2) is 0 Å². The molecule has 0 unspecified atom stereocenters. The molecule has 0 rings (SSSR count). The zero-order valence-corrected chi connectivity index (χ0v) is 9.71. The molecule has 0 saturated carbocycles. The molecule has 0 bridgehead atoms. The van der Waals surface area contributed by atoms with Crippen LogP contribution in [0.5, 0.6) is 0 Å². The minimum absolute atomic E-state index is 0.0192. The van der Waals surface area contributed by atoms with Crippen molar-refractivity contribution in [3.8, 4) is 0 Å². The van der Waals surface area contributed by atoms with Crippen molar-refractivity contribution in [1.82, 2.24) is 0 Å². The van der Waals surface area contributed by atoms with E-state index in [4.69, 9.17) is 0 Å². The van der Waals surface area contributed by atoms with E-state index in [0.29, 0.717) is 0 Å². The Morgan fingerprint density at radius 2 is 1.86 bits per heavy atom. The summed E-state index contributed by atoms with van der Waals surface area (Å²) in [6, 6.07) is 0. The second-order valence-electron chi connectivity index (χ2n) is 3.83. The van der Waals surface area contributed by atoms with Crippen molar-refractivity contribution < 1.29 is 18.3 Å². The van der Waals surface area contributed by atoms with Gasteiger partial charge in [-0.2, -0.15) is 8.78 Å². The molecule has 14 heavy (non-hydrogen) atoms. The van der Waals surface area contributed by atoms with Gasteiger partial charge in [0.2, 0.25) is 0 Å². The predicted octanol–water partition coefficient (Wildman–Crippen LogP) is 2.72. The summed E-state index contributed by atoms with van der Waals surface area (Å²) in [5.74, 6) is -5.35. The van der Waals surface area contributed by atoms with Crippen molar-refractivity contribution in [3.63, 3.8) is 0 Å². The van der Waals surface area contributed by atoms with Crippen molar-refractivity contribution >= 4 is 17.7 Å². The number of carbonyl (C=O) groups is 1. The lowest BCUT2D eigenvalue weighted by Gasteiger charge is -2.21. The molecular formula is C9H16F2O2S. The average Bonchev–Trinajstić information content (AvgIpc) is 2.00. The minimum atomic E-state index is -3.38. The summed E-state index contributed by atoms with van der Waals surface area (Å²) in [5.41, 5.74) is 0. The number of thioether (sulfide) groups is 1. The first-order chi connectivity index (χ1) is 6.19. The Morgan fingerprint density at radius 1 is 1.36 bits per heavy atom. The first-order valence-electron chi connectivity index (χ1n) is 4.38. The molecule has 0 fully saturated rings. The van der Waals surface area contributed by atoms with Gasteiger partial charge in [-0.1, -0.05) is 20.8 Å². The Kier molecular flexibility index (Phi) is 4.84. The van der Waals surface area contributed by atoms with Crippen LogP contribution in [0.2, 0.25) is 0 Å². The van der Waals surface area contributed by atoms with E-state index in [1.54, 1.807) is 0 Å². The van der Waals surface area contributed by atoms with Crippen molar-refractivity contribution in [2.45, 2.75) is 38.4 Å². The summed E-state index contributed by atoms with van der Waals surface area (Å²) < 4.78 is 30.1. The molecule has 0 aromatic rings. The van der Waals surface area contributed by atoms with Crippen molar-refractivity contribution in [1.29, 1.82) is 0 Å². The van der Waals surface area contributed by atoms with Gasteiger partial charge < -0.3 is 4.74 Å². The summed E-state index contributed by atoms with van der Waals surface area (Å²) >= 11 is 1.04. The summed E-state index contributed by atoms with van der Waals surface area (Å²) in [5, 5.41) is 0. The molecule has 0 N–H and O–H groups in total. The summed E-state index contributed by atoms with van der Waals surface area (Å²) in [7, 11) is 0. The Labute approximate surface area is 87.4 Å². The summed E-state index contributed by atoms with van der Waals surface area (Å²) in [6.45, 7) is 6.94. The molecule has 0 aliphatic rings. The van der Waals surface area contributed by atoms with E-state index in [9.17, 15) is 13.6 Å². The molecular weight excluding hydrogens is 210 g/mol. The van der Waals surface area contributed by atoms with Crippen molar-refractivity contribution in [3.05, 3.63) is 0 Å². The fourth-order valence-corrected chi connectivity index (χ4v) is 1.33. The van der Waals surface area contributed by atoms with Crippen LogP contribution < -0.4 is 0 Å². The minimum Gasteiger partial charge on any atom is -0.462 e. The highest BCUT2D eigenvalue weighted by Crippen LogP contribution is 2.30. The number of hydrogen-bond acceptors (Lipinski definition) is 3. The zero-order valence-electron chi connectivity index (χ0n) is 8.89. The molecule has 0 heterocycles. The molecule has 0 aliphatic carbocycles. The molecule has 0 aliphatic heterocycles. The molecule has 0 aromatic heterocycles. The normalized spacial score (nSPS) is 12.7. The molecule has 5 heteroatoms. The van der Waals surface area contributed by atoms with Crippen LogP contribution in [0.25, 0.3) is 0 Å². The van der Waals surface area contributed by atoms with E-state index >= 15 is 0 Å². The second-order valence-corrected chi connectivity index (χ2v) is 5.63. The van der Waals surface area contributed by atoms with Gasteiger partial charge in [0.1, 0.15) is 0 Å². The van der Waals surface area contributed by atoms with Gasteiger partial charge in [-0.25, -0.2) is 4.79 Å². The topological polar surface area (TPSA) is 26.3 Å². The highest BCUT2D eigenvalue weighted by atomic mass is 32.2. The van der Waals surface area contributed by atoms with E-state index in [2.05, 4.69) is 4.74 Å². The monoisotopic (exact) mass is 226 g/mol. The third kappa shape index (κ3) is 5.42. The van der Waals surface area contributed by atoms with Gasteiger partial charge in [-0.05, 0) is 6.92 Å². The Hall–Kier alpha value is -0.320. The molecule has 84 valence electrons. The third-order valence-electron chi connectivity index (χ3n) is 1.26. The molecule has 0 spiro atoms. The Morgan fingerprint density at radius 3 is 2.21 bits per heavy atom. The number of halogens is 2. The van der Waals surface area contributed by atoms with Gasteiger partial charge in [-0.3, -0.25) is 0 Å². The predicted molar refractivity (Wildman–Crippen MR) is 53.8 cm³/mol. The highest BCUT2D eigenvalue weighted by molar-refractivity contribution is 8.00. The van der Waals surface area contributed by atoms with Crippen molar-refractivity contribution in [2.75, 3.05) is 12.4 Å². The maximum Gasteiger partial charge on any atom is 0.377 e. The fourth-order valence-electron chi connectivity index (χ4n) is 0.603. The number of carbonyl (C=O) groups excluding carboxylic acids is 1. The van der Waals surface area contributed by atoms with Crippen LogP contribution >= 0.6 is 11.8 Å². The first kappa shape index (κ1) is 13.7. The van der Waals surface area contributed by atoms with Crippen LogP contribution in [0.1, 0.15) is 27.7 Å². The number of ether oxygens (including phenoxy) is 1. The summed E-state index contributed by atoms with van der Waals surface area (Å²) in [6.07, 6.45) is 0. The van der Waals surface area contributed by atoms with Gasteiger partial charge in [0, 0.05) is 4.75 Å². The molecule has 0 amide bonds. The maximum atomic E-state index is 13.0. The maximum absolute atomic E-state index is 13.0. The molecule has 2 nitrogen and oxygen atoms in total. The molecule has 0 aromatic carbocycles. The van der Waals surface area contributed by atoms with E-state index in [1.807, 2.05) is 20.8 Å². The first-order valence-corrected chi connectivity index (χ1v) is 5.36. The lowest BCUT2D eigenvalue weighted by molar-refractivity contribution is -0.167. The van der Waals surface area contributed by atoms with Crippen LogP contribution in [0.15, 0.2) is 0 Å². The Bertz CT molecular complexity index is 199. The smallest absolute Gasteiger partial charge is 0.377 e. The molecule has 0 atom stereocenters. The fraction of sp³-hybridized carbons (Fsp3) is 0.889. The van der Waals surface area contributed by atoms with Crippen molar-refractivity contribution in [2.24, 2.45) is 0 Å². The number of rotatable bonds is 4. The second kappa shape index (κ2) is 4.96. The van der Waals surface area contributed by atoms with Gasteiger partial charge in [0.25, 0.3) is 0 Å². The lowest BCUT2D eigenvalue weighted by atomic mass is 10.3. The van der Waals surface area contributed by atoms with E-state index in [0.717, 1.165) is 11.8 Å². The zero-order chi connectivity index (χ0) is 11.4. The van der Waals surface area contributed by atoms with E-state index < -0.39 is 17.6 Å². The Balaban J connectivity index is 4.13. The third-order valence-corrected chi connectivity index (χ3v) is 2.63. The van der Waals surface area contributed by atoms with E-state index in [1.165, 1.54) is 6.92 Å². The molecule has 0 saturated heterocycles. The van der Waals surface area contributed by atoms with Crippen LogP contribution in [0.4, 0.5) is 8.78 Å². The average molecular weight is 226 g/mol. The van der Waals surface area contributed by atoms with Gasteiger partial charge in [-0.15, -0.1) is 11.8 Å². The molecule has 0 radical (unpaired) electrons. The van der Waals surface area contributed by atoms with Gasteiger partial charge in [0.05, 0.1) is 12.4 Å². The highest BCUT2D eigenvalue weighted by Gasteiger charge is 2.41. The standard InChI is InChI=1S/C9H16F2O2S/c1-5-13-7(12)9(10,11)6-14-8(2,3)4/h5-6H2,1-4H3. The summed E-state index contributed by atoms with van der Waals surface area (Å²) in [4.78, 5) is 10.8. The van der Waals surface area contributed by atoms with Crippen LogP contribution in [-0.2, 0) is 9.53 Å². The number of esters is 1. The number of hydrogen-bond donors (Lipinski definition) is 0. The lowest BCUT2D eigenvalue weighted by Crippen LogP contribution is -2.34. The van der Waals surface area contributed by atoms with Crippen LogP contribution in [0.3, 0.4) is 0 Å².